The number of rotatable bonds is 4. The zero-order valence-electron chi connectivity index (χ0n) is 11.9. The standard InChI is InChI=1S/C17H14BrClN2O/c1-22-12-7-5-11(6-8-12)9-20-17-16-13(15(19)10-21-17)3-2-4-14(16)18/h2-8,10H,9H2,1H3,(H,20,21). The Labute approximate surface area is 142 Å². The molecular weight excluding hydrogens is 364 g/mol. The molecule has 0 saturated heterocycles. The Hall–Kier alpha value is -1.78. The molecule has 0 saturated carbocycles. The second-order valence-electron chi connectivity index (χ2n) is 4.82. The lowest BCUT2D eigenvalue weighted by Gasteiger charge is -2.11. The molecule has 2 aromatic carbocycles. The molecule has 1 heterocycles. The highest BCUT2D eigenvalue weighted by atomic mass is 79.9. The number of hydrogen-bond acceptors (Lipinski definition) is 3. The molecule has 0 amide bonds. The van der Waals surface area contributed by atoms with Crippen LogP contribution in [0.4, 0.5) is 5.82 Å². The van der Waals surface area contributed by atoms with Crippen LogP contribution in [0.1, 0.15) is 5.56 Å². The van der Waals surface area contributed by atoms with Crippen LogP contribution in [0.2, 0.25) is 5.02 Å². The van der Waals surface area contributed by atoms with Crippen LogP contribution < -0.4 is 10.1 Å². The molecule has 3 aromatic rings. The minimum atomic E-state index is 0.645. The highest BCUT2D eigenvalue weighted by molar-refractivity contribution is 9.10. The van der Waals surface area contributed by atoms with Crippen LogP contribution in [0.5, 0.6) is 5.75 Å². The summed E-state index contributed by atoms with van der Waals surface area (Å²) >= 11 is 9.80. The van der Waals surface area contributed by atoms with Crippen LogP contribution in [0, 0.1) is 0 Å². The van der Waals surface area contributed by atoms with E-state index >= 15 is 0 Å². The molecule has 0 aliphatic carbocycles. The first-order chi connectivity index (χ1) is 10.7. The van der Waals surface area contributed by atoms with Crippen LogP contribution in [0.15, 0.2) is 53.1 Å². The summed E-state index contributed by atoms with van der Waals surface area (Å²) in [5, 5.41) is 5.98. The molecule has 0 atom stereocenters. The largest absolute Gasteiger partial charge is 0.497 e. The van der Waals surface area contributed by atoms with Gasteiger partial charge in [-0.3, -0.25) is 0 Å². The number of fused-ring (bicyclic) bond motifs is 1. The van der Waals surface area contributed by atoms with Gasteiger partial charge in [0, 0.05) is 28.0 Å². The van der Waals surface area contributed by atoms with Crippen molar-refractivity contribution in [1.82, 2.24) is 4.98 Å². The van der Waals surface area contributed by atoms with Crippen LogP contribution in [0.3, 0.4) is 0 Å². The summed E-state index contributed by atoms with van der Waals surface area (Å²) in [6.07, 6.45) is 1.67. The average Bonchev–Trinajstić information content (AvgIpc) is 2.55. The van der Waals surface area contributed by atoms with E-state index in [0.717, 1.165) is 32.4 Å². The number of pyridine rings is 1. The summed E-state index contributed by atoms with van der Waals surface area (Å²) in [4.78, 5) is 4.42. The first-order valence-electron chi connectivity index (χ1n) is 6.78. The Morgan fingerprint density at radius 3 is 2.68 bits per heavy atom. The number of halogens is 2. The van der Waals surface area contributed by atoms with Gasteiger partial charge < -0.3 is 10.1 Å². The number of benzene rings is 2. The quantitative estimate of drug-likeness (QED) is 0.672. The normalized spacial score (nSPS) is 10.7. The molecule has 0 unspecified atom stereocenters. The van der Waals surface area contributed by atoms with Crippen molar-refractivity contribution >= 4 is 44.1 Å². The summed E-state index contributed by atoms with van der Waals surface area (Å²) < 4.78 is 6.13. The van der Waals surface area contributed by atoms with E-state index in [1.807, 2.05) is 42.5 Å². The van der Waals surface area contributed by atoms with Gasteiger partial charge in [0.1, 0.15) is 11.6 Å². The number of methoxy groups -OCH3 is 1. The van der Waals surface area contributed by atoms with E-state index < -0.39 is 0 Å². The number of ether oxygens (including phenoxy) is 1. The lowest BCUT2D eigenvalue weighted by molar-refractivity contribution is 0.414. The summed E-state index contributed by atoms with van der Waals surface area (Å²) in [5.74, 6) is 1.66. The van der Waals surface area contributed by atoms with E-state index in [1.165, 1.54) is 0 Å². The molecule has 112 valence electrons. The third kappa shape index (κ3) is 3.03. The van der Waals surface area contributed by atoms with Gasteiger partial charge in [-0.05, 0) is 23.8 Å². The van der Waals surface area contributed by atoms with Crippen molar-refractivity contribution in [2.24, 2.45) is 0 Å². The van der Waals surface area contributed by atoms with E-state index in [-0.39, 0.29) is 0 Å². The number of anilines is 1. The van der Waals surface area contributed by atoms with Crippen molar-refractivity contribution in [3.8, 4) is 5.75 Å². The zero-order valence-corrected chi connectivity index (χ0v) is 14.3. The van der Waals surface area contributed by atoms with E-state index in [2.05, 4.69) is 26.2 Å². The first kappa shape index (κ1) is 15.1. The predicted octanol–water partition coefficient (Wildman–Crippen LogP) is 5.27. The van der Waals surface area contributed by atoms with Crippen molar-refractivity contribution in [2.45, 2.75) is 6.54 Å². The van der Waals surface area contributed by atoms with E-state index in [9.17, 15) is 0 Å². The van der Waals surface area contributed by atoms with Gasteiger partial charge in [-0.15, -0.1) is 0 Å². The van der Waals surface area contributed by atoms with E-state index in [4.69, 9.17) is 16.3 Å². The maximum Gasteiger partial charge on any atom is 0.135 e. The maximum atomic E-state index is 6.23. The maximum absolute atomic E-state index is 6.23. The van der Waals surface area contributed by atoms with Crippen molar-refractivity contribution in [1.29, 1.82) is 0 Å². The Morgan fingerprint density at radius 1 is 1.18 bits per heavy atom. The lowest BCUT2D eigenvalue weighted by atomic mass is 10.1. The molecule has 1 N–H and O–H groups in total. The van der Waals surface area contributed by atoms with Gasteiger partial charge in [-0.1, -0.05) is 51.8 Å². The third-order valence-corrected chi connectivity index (χ3v) is 4.40. The second-order valence-corrected chi connectivity index (χ2v) is 6.08. The van der Waals surface area contributed by atoms with Crippen molar-refractivity contribution in [3.05, 3.63) is 63.7 Å². The molecule has 0 spiro atoms. The summed E-state index contributed by atoms with van der Waals surface area (Å²) in [6.45, 7) is 0.676. The minimum Gasteiger partial charge on any atom is -0.497 e. The lowest BCUT2D eigenvalue weighted by Crippen LogP contribution is -2.02. The summed E-state index contributed by atoms with van der Waals surface area (Å²) in [5.41, 5.74) is 1.15. The molecule has 5 heteroatoms. The molecular formula is C17H14BrClN2O. The van der Waals surface area contributed by atoms with Crippen LogP contribution in [0.25, 0.3) is 10.8 Å². The molecule has 0 bridgehead atoms. The fraction of sp³-hybridized carbons (Fsp3) is 0.118. The molecule has 1 aromatic heterocycles. The SMILES string of the molecule is COc1ccc(CNc2ncc(Cl)c3cccc(Br)c23)cc1. The van der Waals surface area contributed by atoms with Gasteiger partial charge in [-0.25, -0.2) is 4.98 Å². The number of nitrogens with one attached hydrogen (secondary N) is 1. The molecule has 0 fully saturated rings. The molecule has 0 aliphatic heterocycles. The molecule has 3 nitrogen and oxygen atoms in total. The molecule has 22 heavy (non-hydrogen) atoms. The van der Waals surface area contributed by atoms with Crippen molar-refractivity contribution < 1.29 is 4.74 Å². The Morgan fingerprint density at radius 2 is 1.95 bits per heavy atom. The smallest absolute Gasteiger partial charge is 0.135 e. The second kappa shape index (κ2) is 6.55. The van der Waals surface area contributed by atoms with Gasteiger partial charge >= 0.3 is 0 Å². The first-order valence-corrected chi connectivity index (χ1v) is 7.95. The molecule has 0 radical (unpaired) electrons. The Kier molecular flexibility index (Phi) is 4.50. The van der Waals surface area contributed by atoms with E-state index in [0.29, 0.717) is 11.6 Å². The van der Waals surface area contributed by atoms with Gasteiger partial charge in [-0.2, -0.15) is 0 Å². The van der Waals surface area contributed by atoms with Crippen molar-refractivity contribution in [3.63, 3.8) is 0 Å². The van der Waals surface area contributed by atoms with Crippen LogP contribution in [-0.4, -0.2) is 12.1 Å². The minimum absolute atomic E-state index is 0.645. The number of hydrogen-bond donors (Lipinski definition) is 1. The van der Waals surface area contributed by atoms with Gasteiger partial charge in [0.05, 0.1) is 12.1 Å². The zero-order chi connectivity index (χ0) is 15.5. The van der Waals surface area contributed by atoms with Crippen LogP contribution >= 0.6 is 27.5 Å². The number of aromatic nitrogens is 1. The Bertz CT molecular complexity index is 806. The molecule has 3 rings (SSSR count). The highest BCUT2D eigenvalue weighted by Gasteiger charge is 2.09. The fourth-order valence-corrected chi connectivity index (χ4v) is 3.04. The summed E-state index contributed by atoms with van der Waals surface area (Å²) in [7, 11) is 1.66. The Balaban J connectivity index is 1.89. The third-order valence-electron chi connectivity index (χ3n) is 3.43. The number of nitrogens with zero attached hydrogens (tertiary/aromatic N) is 1. The van der Waals surface area contributed by atoms with Crippen LogP contribution in [-0.2, 0) is 6.54 Å². The van der Waals surface area contributed by atoms with Crippen molar-refractivity contribution in [2.75, 3.05) is 12.4 Å². The van der Waals surface area contributed by atoms with Gasteiger partial charge in [0.2, 0.25) is 0 Å². The predicted molar refractivity (Wildman–Crippen MR) is 94.8 cm³/mol. The topological polar surface area (TPSA) is 34.1 Å². The van der Waals surface area contributed by atoms with Gasteiger partial charge in [0.25, 0.3) is 0 Å². The monoisotopic (exact) mass is 376 g/mol. The highest BCUT2D eigenvalue weighted by Crippen LogP contribution is 2.33. The molecule has 0 aliphatic rings. The summed E-state index contributed by atoms with van der Waals surface area (Å²) in [6, 6.07) is 13.9. The van der Waals surface area contributed by atoms with Gasteiger partial charge in [0.15, 0.2) is 0 Å². The average molecular weight is 378 g/mol. The van der Waals surface area contributed by atoms with E-state index in [1.54, 1.807) is 13.3 Å². The fourth-order valence-electron chi connectivity index (χ4n) is 2.28.